The zero-order valence-corrected chi connectivity index (χ0v) is 14.2. The van der Waals surface area contributed by atoms with Crippen LogP contribution in [0.1, 0.15) is 18.1 Å². The van der Waals surface area contributed by atoms with E-state index >= 15 is 0 Å². The molecule has 2 aromatic carbocycles. The minimum Gasteiger partial charge on any atom is -0.323 e. The summed E-state index contributed by atoms with van der Waals surface area (Å²) >= 11 is 6.04. The van der Waals surface area contributed by atoms with Gasteiger partial charge in [-0.2, -0.15) is 5.26 Å². The summed E-state index contributed by atoms with van der Waals surface area (Å²) in [5.74, 6) is -0.591. The van der Waals surface area contributed by atoms with Crippen molar-refractivity contribution in [3.05, 3.63) is 64.4 Å². The number of halogens is 2. The number of hydrogen-bond donors (Lipinski definition) is 2. The summed E-state index contributed by atoms with van der Waals surface area (Å²) in [5, 5.41) is 12.0. The van der Waals surface area contributed by atoms with E-state index in [4.69, 9.17) is 16.9 Å². The fourth-order valence-corrected chi connectivity index (χ4v) is 2.50. The number of carbonyl (C=O) groups excluding carboxylic acids is 1. The van der Waals surface area contributed by atoms with Crippen LogP contribution in [0.15, 0.2) is 42.5 Å². The Bertz CT molecular complexity index is 768. The van der Waals surface area contributed by atoms with Gasteiger partial charge in [-0.3, -0.25) is 4.79 Å². The third-order valence-corrected chi connectivity index (χ3v) is 4.26. The number of nitrogens with zero attached hydrogens (tertiary/aromatic N) is 1. The first kappa shape index (κ1) is 17.9. The summed E-state index contributed by atoms with van der Waals surface area (Å²) in [4.78, 5) is 13.2. The Kier molecular flexibility index (Phi) is 5.91. The molecule has 0 aliphatic rings. The summed E-state index contributed by atoms with van der Waals surface area (Å²) in [6.07, 6.45) is 0. The van der Waals surface area contributed by atoms with Gasteiger partial charge in [0.05, 0.1) is 29.3 Å². The number of benzene rings is 2. The normalized spacial score (nSPS) is 13.0. The van der Waals surface area contributed by atoms with Crippen LogP contribution < -0.4 is 10.2 Å². The maximum atomic E-state index is 13.9. The zero-order valence-electron chi connectivity index (χ0n) is 13.4. The Morgan fingerprint density at radius 1 is 1.38 bits per heavy atom. The highest BCUT2D eigenvalue weighted by atomic mass is 35.5. The lowest BCUT2D eigenvalue weighted by molar-refractivity contribution is -0.908. The molecule has 0 aliphatic heterocycles. The number of quaternary nitrogens is 1. The van der Waals surface area contributed by atoms with Gasteiger partial charge < -0.3 is 10.2 Å². The number of hydrogen-bond acceptors (Lipinski definition) is 2. The lowest BCUT2D eigenvalue weighted by atomic mass is 10.1. The van der Waals surface area contributed by atoms with Crippen LogP contribution in [0.4, 0.5) is 10.1 Å². The van der Waals surface area contributed by atoms with Crippen LogP contribution >= 0.6 is 11.6 Å². The minimum absolute atomic E-state index is 0.213. The van der Waals surface area contributed by atoms with Crippen molar-refractivity contribution < 1.29 is 14.1 Å². The Morgan fingerprint density at radius 3 is 2.75 bits per heavy atom. The summed E-state index contributed by atoms with van der Waals surface area (Å²) in [6.45, 7) is 2.05. The molecular weight excluding hydrogens is 329 g/mol. The molecule has 2 N–H and O–H groups in total. The minimum atomic E-state index is -0.425. The molecule has 6 heteroatoms. The summed E-state index contributed by atoms with van der Waals surface area (Å²) in [5.41, 5.74) is 1.42. The number of rotatable bonds is 5. The van der Waals surface area contributed by atoms with Gasteiger partial charge in [0, 0.05) is 5.69 Å². The van der Waals surface area contributed by atoms with Crippen LogP contribution in [-0.4, -0.2) is 19.0 Å². The largest absolute Gasteiger partial charge is 0.323 e. The van der Waals surface area contributed by atoms with Crippen molar-refractivity contribution in [3.63, 3.8) is 0 Å². The van der Waals surface area contributed by atoms with Crippen LogP contribution in [-0.2, 0) is 11.3 Å². The number of amides is 1. The molecule has 2 aromatic rings. The van der Waals surface area contributed by atoms with Gasteiger partial charge in [-0.05, 0) is 37.3 Å². The van der Waals surface area contributed by atoms with Crippen LogP contribution in [0.5, 0.6) is 0 Å². The molecule has 0 spiro atoms. The molecule has 0 aliphatic carbocycles. The molecule has 0 radical (unpaired) electrons. The first-order valence-corrected chi connectivity index (χ1v) is 7.86. The lowest BCUT2D eigenvalue weighted by Crippen LogP contribution is -3.12. The SMILES string of the molecule is C[C@H](C(=O)Nc1cccc(C#N)c1)[NH+](C)Cc1c(F)cccc1Cl. The summed E-state index contributed by atoms with van der Waals surface area (Å²) < 4.78 is 13.9. The molecule has 0 bridgehead atoms. The Hall–Kier alpha value is -2.42. The molecule has 24 heavy (non-hydrogen) atoms. The number of nitriles is 1. The van der Waals surface area contributed by atoms with Crippen molar-refractivity contribution in [1.29, 1.82) is 5.26 Å². The molecule has 2 atom stereocenters. The molecular formula is C18H18ClFN3O+. The second-order valence-electron chi connectivity index (χ2n) is 5.63. The molecule has 1 amide bonds. The lowest BCUT2D eigenvalue weighted by Gasteiger charge is -2.21. The molecule has 124 valence electrons. The third-order valence-electron chi connectivity index (χ3n) is 3.91. The molecule has 0 saturated carbocycles. The van der Waals surface area contributed by atoms with Gasteiger partial charge in [-0.25, -0.2) is 4.39 Å². The van der Waals surface area contributed by atoms with Gasteiger partial charge in [0.15, 0.2) is 6.04 Å². The van der Waals surface area contributed by atoms with Crippen molar-refractivity contribution in [3.8, 4) is 6.07 Å². The van der Waals surface area contributed by atoms with Gasteiger partial charge >= 0.3 is 0 Å². The van der Waals surface area contributed by atoms with Crippen molar-refractivity contribution in [2.75, 3.05) is 12.4 Å². The van der Waals surface area contributed by atoms with Gasteiger partial charge in [-0.1, -0.05) is 23.7 Å². The number of likely N-dealkylation sites (N-methyl/N-ethyl adjacent to an activating group) is 1. The van der Waals surface area contributed by atoms with Crippen molar-refractivity contribution in [1.82, 2.24) is 0 Å². The van der Waals surface area contributed by atoms with E-state index < -0.39 is 6.04 Å². The van der Waals surface area contributed by atoms with E-state index in [1.165, 1.54) is 6.07 Å². The first-order chi connectivity index (χ1) is 11.4. The highest BCUT2D eigenvalue weighted by Crippen LogP contribution is 2.17. The molecule has 1 unspecified atom stereocenters. The number of carbonyl (C=O) groups is 1. The highest BCUT2D eigenvalue weighted by Gasteiger charge is 2.24. The van der Waals surface area contributed by atoms with E-state index in [9.17, 15) is 9.18 Å². The smallest absolute Gasteiger partial charge is 0.282 e. The van der Waals surface area contributed by atoms with Gasteiger partial charge in [0.2, 0.25) is 0 Å². The summed E-state index contributed by atoms with van der Waals surface area (Å²) in [6, 6.07) is 12.8. The van der Waals surface area contributed by atoms with E-state index in [0.29, 0.717) is 28.4 Å². The second kappa shape index (κ2) is 7.91. The molecule has 0 aromatic heterocycles. The maximum absolute atomic E-state index is 13.9. The van der Waals surface area contributed by atoms with Crippen LogP contribution in [0.2, 0.25) is 5.02 Å². The first-order valence-electron chi connectivity index (χ1n) is 7.48. The van der Waals surface area contributed by atoms with Crippen molar-refractivity contribution in [2.24, 2.45) is 0 Å². The van der Waals surface area contributed by atoms with Crippen molar-refractivity contribution in [2.45, 2.75) is 19.5 Å². The standard InChI is InChI=1S/C18H17ClFN3O/c1-12(18(24)22-14-6-3-5-13(9-14)10-21)23(2)11-15-16(19)7-4-8-17(15)20/h3-9,12H,11H2,1-2H3,(H,22,24)/p+1/t12-/m1/s1. The van der Waals surface area contributed by atoms with Gasteiger partial charge in [0.1, 0.15) is 12.4 Å². The fraction of sp³-hybridized carbons (Fsp3) is 0.222. The van der Waals surface area contributed by atoms with E-state index in [2.05, 4.69) is 5.32 Å². The third kappa shape index (κ3) is 4.31. The molecule has 0 heterocycles. The monoisotopic (exact) mass is 346 g/mol. The molecule has 0 fully saturated rings. The topological polar surface area (TPSA) is 57.3 Å². The van der Waals surface area contributed by atoms with E-state index in [1.807, 2.05) is 6.07 Å². The van der Waals surface area contributed by atoms with E-state index in [1.54, 1.807) is 50.4 Å². The Morgan fingerprint density at radius 2 is 2.08 bits per heavy atom. The maximum Gasteiger partial charge on any atom is 0.282 e. The molecule has 0 saturated heterocycles. The Balaban J connectivity index is 2.05. The van der Waals surface area contributed by atoms with Crippen LogP contribution in [0.25, 0.3) is 0 Å². The molecule has 4 nitrogen and oxygen atoms in total. The summed E-state index contributed by atoms with van der Waals surface area (Å²) in [7, 11) is 1.80. The number of anilines is 1. The van der Waals surface area contributed by atoms with E-state index in [0.717, 1.165) is 4.90 Å². The average molecular weight is 347 g/mol. The van der Waals surface area contributed by atoms with E-state index in [-0.39, 0.29) is 11.7 Å². The quantitative estimate of drug-likeness (QED) is 0.873. The molecule has 2 rings (SSSR count). The van der Waals surface area contributed by atoms with Gasteiger partial charge in [0.25, 0.3) is 5.91 Å². The van der Waals surface area contributed by atoms with Crippen LogP contribution in [0, 0.1) is 17.1 Å². The average Bonchev–Trinajstić information content (AvgIpc) is 2.57. The number of nitrogens with one attached hydrogen (secondary N) is 2. The highest BCUT2D eigenvalue weighted by molar-refractivity contribution is 6.31. The predicted molar refractivity (Wildman–Crippen MR) is 91.2 cm³/mol. The van der Waals surface area contributed by atoms with Gasteiger partial charge in [-0.15, -0.1) is 0 Å². The fourth-order valence-electron chi connectivity index (χ4n) is 2.27. The second-order valence-corrected chi connectivity index (χ2v) is 6.03. The Labute approximate surface area is 145 Å². The van der Waals surface area contributed by atoms with Crippen LogP contribution in [0.3, 0.4) is 0 Å². The predicted octanol–water partition coefficient (Wildman–Crippen LogP) is 2.39. The van der Waals surface area contributed by atoms with Crippen molar-refractivity contribution >= 4 is 23.2 Å². The zero-order chi connectivity index (χ0) is 17.7.